The molecule has 0 aliphatic carbocycles. The van der Waals surface area contributed by atoms with Crippen molar-refractivity contribution in [3.05, 3.63) is 78.3 Å². The van der Waals surface area contributed by atoms with Crippen LogP contribution in [0.3, 0.4) is 0 Å². The molecule has 0 bridgehead atoms. The summed E-state index contributed by atoms with van der Waals surface area (Å²) in [7, 11) is -2.27. The molecule has 3 aromatic rings. The van der Waals surface area contributed by atoms with Crippen LogP contribution in [0.5, 0.6) is 5.75 Å². The summed E-state index contributed by atoms with van der Waals surface area (Å²) in [5.74, 6) is 1.17. The van der Waals surface area contributed by atoms with E-state index in [1.165, 1.54) is 25.3 Å². The molecule has 1 aromatic heterocycles. The van der Waals surface area contributed by atoms with Gasteiger partial charge < -0.3 is 14.5 Å². The molecule has 29 heavy (non-hydrogen) atoms. The first-order valence-corrected chi connectivity index (χ1v) is 10.5. The van der Waals surface area contributed by atoms with Gasteiger partial charge in [0, 0.05) is 24.2 Å². The zero-order chi connectivity index (χ0) is 20.7. The van der Waals surface area contributed by atoms with Crippen molar-refractivity contribution in [1.82, 2.24) is 5.32 Å². The Hall–Kier alpha value is -3.26. The van der Waals surface area contributed by atoms with Crippen molar-refractivity contribution in [3.8, 4) is 5.75 Å². The molecule has 2 aromatic carbocycles. The molecular formula is C21H22N2O5S. The lowest BCUT2D eigenvalue weighted by Gasteiger charge is -2.10. The Labute approximate surface area is 169 Å². The number of hydrogen-bond acceptors (Lipinski definition) is 5. The van der Waals surface area contributed by atoms with Crippen molar-refractivity contribution in [2.45, 2.75) is 17.7 Å². The molecule has 0 radical (unpaired) electrons. The standard InChI is InChI=1S/C21H22N2O5S/c1-27-18-9-11-20(12-10-18)29(25,26)23-17-6-2-5-16(15-17)21(24)22-13-3-7-19-8-4-14-28-19/h2,4-6,8-12,14-15,23H,3,7,13H2,1H3,(H,22,24). The summed E-state index contributed by atoms with van der Waals surface area (Å²) in [5.41, 5.74) is 0.682. The number of hydrogen-bond donors (Lipinski definition) is 2. The maximum absolute atomic E-state index is 12.5. The Morgan fingerprint density at radius 3 is 2.55 bits per heavy atom. The second kappa shape index (κ2) is 9.29. The number of ether oxygens (including phenoxy) is 1. The lowest BCUT2D eigenvalue weighted by molar-refractivity contribution is 0.0953. The average Bonchev–Trinajstić information content (AvgIpc) is 3.24. The highest BCUT2D eigenvalue weighted by Crippen LogP contribution is 2.20. The van der Waals surface area contributed by atoms with E-state index in [0.29, 0.717) is 23.5 Å². The maximum Gasteiger partial charge on any atom is 0.261 e. The molecule has 152 valence electrons. The van der Waals surface area contributed by atoms with E-state index in [0.717, 1.165) is 18.6 Å². The van der Waals surface area contributed by atoms with Gasteiger partial charge in [-0.3, -0.25) is 9.52 Å². The van der Waals surface area contributed by atoms with Gasteiger partial charge >= 0.3 is 0 Å². The van der Waals surface area contributed by atoms with E-state index in [1.54, 1.807) is 36.6 Å². The largest absolute Gasteiger partial charge is 0.497 e. The summed E-state index contributed by atoms with van der Waals surface area (Å²) >= 11 is 0. The van der Waals surface area contributed by atoms with Gasteiger partial charge in [-0.2, -0.15) is 0 Å². The van der Waals surface area contributed by atoms with Crippen molar-refractivity contribution in [2.24, 2.45) is 0 Å². The number of furan rings is 1. The van der Waals surface area contributed by atoms with Gasteiger partial charge in [-0.15, -0.1) is 0 Å². The van der Waals surface area contributed by atoms with E-state index in [2.05, 4.69) is 10.0 Å². The Morgan fingerprint density at radius 2 is 1.86 bits per heavy atom. The molecule has 0 fully saturated rings. The first-order valence-electron chi connectivity index (χ1n) is 9.05. The summed E-state index contributed by atoms with van der Waals surface area (Å²) in [5, 5.41) is 2.82. The number of methoxy groups -OCH3 is 1. The number of nitrogens with one attached hydrogen (secondary N) is 2. The van der Waals surface area contributed by atoms with Crippen LogP contribution in [-0.2, 0) is 16.4 Å². The fourth-order valence-corrected chi connectivity index (χ4v) is 3.76. The summed E-state index contributed by atoms with van der Waals surface area (Å²) in [4.78, 5) is 12.4. The van der Waals surface area contributed by atoms with Crippen LogP contribution >= 0.6 is 0 Å². The van der Waals surface area contributed by atoms with Crippen LogP contribution in [0.2, 0.25) is 0 Å². The lowest BCUT2D eigenvalue weighted by atomic mass is 10.2. The topological polar surface area (TPSA) is 97.6 Å². The molecule has 0 aliphatic heterocycles. The van der Waals surface area contributed by atoms with Crippen LogP contribution in [0.25, 0.3) is 0 Å². The second-order valence-corrected chi connectivity index (χ2v) is 7.98. The van der Waals surface area contributed by atoms with Crippen LogP contribution in [0, 0.1) is 0 Å². The third kappa shape index (κ3) is 5.61. The molecule has 1 heterocycles. The van der Waals surface area contributed by atoms with E-state index in [1.807, 2.05) is 12.1 Å². The van der Waals surface area contributed by atoms with Crippen molar-refractivity contribution >= 4 is 21.6 Å². The Morgan fingerprint density at radius 1 is 1.07 bits per heavy atom. The van der Waals surface area contributed by atoms with Crippen molar-refractivity contribution in [2.75, 3.05) is 18.4 Å². The number of rotatable bonds is 9. The maximum atomic E-state index is 12.5. The van der Waals surface area contributed by atoms with Crippen molar-refractivity contribution in [3.63, 3.8) is 0 Å². The zero-order valence-corrected chi connectivity index (χ0v) is 16.7. The third-order valence-electron chi connectivity index (χ3n) is 4.21. The normalized spacial score (nSPS) is 11.1. The van der Waals surface area contributed by atoms with E-state index < -0.39 is 10.0 Å². The van der Waals surface area contributed by atoms with Crippen molar-refractivity contribution in [1.29, 1.82) is 0 Å². The SMILES string of the molecule is COc1ccc(S(=O)(=O)Nc2cccc(C(=O)NCCCc3ccco3)c2)cc1. The Kier molecular flexibility index (Phi) is 6.56. The first-order chi connectivity index (χ1) is 14.0. The van der Waals surface area contributed by atoms with E-state index in [4.69, 9.17) is 9.15 Å². The molecule has 0 saturated carbocycles. The van der Waals surface area contributed by atoms with Gasteiger partial charge in [0.15, 0.2) is 0 Å². The molecule has 0 aliphatic rings. The Bertz CT molecular complexity index is 1040. The summed E-state index contributed by atoms with van der Waals surface area (Å²) in [6.45, 7) is 0.487. The van der Waals surface area contributed by atoms with Gasteiger partial charge in [0.25, 0.3) is 15.9 Å². The highest BCUT2D eigenvalue weighted by Gasteiger charge is 2.15. The fourth-order valence-electron chi connectivity index (χ4n) is 2.71. The van der Waals surface area contributed by atoms with Gasteiger partial charge in [0.1, 0.15) is 11.5 Å². The number of aryl methyl sites for hydroxylation is 1. The molecule has 8 heteroatoms. The van der Waals surface area contributed by atoms with E-state index >= 15 is 0 Å². The van der Waals surface area contributed by atoms with Gasteiger partial charge in [0.2, 0.25) is 0 Å². The van der Waals surface area contributed by atoms with Gasteiger partial charge in [-0.05, 0) is 61.0 Å². The number of carbonyl (C=O) groups is 1. The molecule has 3 rings (SSSR count). The number of benzene rings is 2. The Balaban J connectivity index is 1.59. The highest BCUT2D eigenvalue weighted by atomic mass is 32.2. The predicted octanol–water partition coefficient (Wildman–Crippen LogP) is 3.45. The first kappa shape index (κ1) is 20.5. The molecule has 0 spiro atoms. The molecule has 7 nitrogen and oxygen atoms in total. The van der Waals surface area contributed by atoms with Crippen LogP contribution in [-0.4, -0.2) is 28.0 Å². The zero-order valence-electron chi connectivity index (χ0n) is 15.9. The predicted molar refractivity (Wildman–Crippen MR) is 110 cm³/mol. The minimum Gasteiger partial charge on any atom is -0.497 e. The van der Waals surface area contributed by atoms with Gasteiger partial charge in [0.05, 0.1) is 18.3 Å². The quantitative estimate of drug-likeness (QED) is 0.523. The van der Waals surface area contributed by atoms with Crippen LogP contribution in [0.15, 0.2) is 76.2 Å². The van der Waals surface area contributed by atoms with Gasteiger partial charge in [-0.25, -0.2) is 8.42 Å². The fraction of sp³-hybridized carbons (Fsp3) is 0.190. The summed E-state index contributed by atoms with van der Waals surface area (Å²) in [6, 6.07) is 16.1. The monoisotopic (exact) mass is 414 g/mol. The lowest BCUT2D eigenvalue weighted by Crippen LogP contribution is -2.25. The number of amides is 1. The van der Waals surface area contributed by atoms with Crippen LogP contribution in [0.4, 0.5) is 5.69 Å². The number of carbonyl (C=O) groups excluding carboxylic acids is 1. The summed E-state index contributed by atoms with van der Waals surface area (Å²) < 4.78 is 37.9. The minimum absolute atomic E-state index is 0.103. The third-order valence-corrected chi connectivity index (χ3v) is 5.61. The summed E-state index contributed by atoms with van der Waals surface area (Å²) in [6.07, 6.45) is 3.09. The number of anilines is 1. The van der Waals surface area contributed by atoms with Crippen LogP contribution < -0.4 is 14.8 Å². The van der Waals surface area contributed by atoms with Crippen molar-refractivity contribution < 1.29 is 22.4 Å². The molecule has 0 unspecified atom stereocenters. The smallest absolute Gasteiger partial charge is 0.261 e. The number of sulfonamides is 1. The average molecular weight is 414 g/mol. The van der Waals surface area contributed by atoms with E-state index in [-0.39, 0.29) is 10.8 Å². The molecule has 1 amide bonds. The highest BCUT2D eigenvalue weighted by molar-refractivity contribution is 7.92. The molecule has 0 saturated heterocycles. The van der Waals surface area contributed by atoms with Gasteiger partial charge in [-0.1, -0.05) is 6.07 Å². The molecule has 0 atom stereocenters. The molecule has 2 N–H and O–H groups in total. The second-order valence-electron chi connectivity index (χ2n) is 6.30. The molecular weight excluding hydrogens is 392 g/mol. The van der Waals surface area contributed by atoms with E-state index in [9.17, 15) is 13.2 Å². The minimum atomic E-state index is -3.77. The van der Waals surface area contributed by atoms with Crippen LogP contribution in [0.1, 0.15) is 22.5 Å².